The molecule has 1 aromatic carbocycles. The predicted molar refractivity (Wildman–Crippen MR) is 78.3 cm³/mol. The van der Waals surface area contributed by atoms with Crippen molar-refractivity contribution in [2.45, 2.75) is 27.7 Å². The Morgan fingerprint density at radius 2 is 2.06 bits per heavy atom. The highest BCUT2D eigenvalue weighted by Gasteiger charge is 2.04. The van der Waals surface area contributed by atoms with Crippen LogP contribution in [0.4, 0.5) is 0 Å². The summed E-state index contributed by atoms with van der Waals surface area (Å²) in [5.74, 6) is 1.00. The molecule has 18 heavy (non-hydrogen) atoms. The third-order valence-electron chi connectivity index (χ3n) is 2.95. The Balaban J connectivity index is 2.45. The molecule has 0 amide bonds. The summed E-state index contributed by atoms with van der Waals surface area (Å²) in [6, 6.07) is 6.32. The molecule has 1 aromatic rings. The molecule has 100 valence electrons. The van der Waals surface area contributed by atoms with Gasteiger partial charge in [-0.15, -0.1) is 0 Å². The average Bonchev–Trinajstić information content (AvgIpc) is 2.31. The number of benzene rings is 1. The van der Waals surface area contributed by atoms with Crippen molar-refractivity contribution in [1.29, 1.82) is 0 Å². The van der Waals surface area contributed by atoms with E-state index in [0.717, 1.165) is 32.0 Å². The van der Waals surface area contributed by atoms with Gasteiger partial charge in [0.05, 0.1) is 0 Å². The maximum absolute atomic E-state index is 5.86. The van der Waals surface area contributed by atoms with Gasteiger partial charge in [-0.1, -0.05) is 31.2 Å². The third-order valence-corrected chi connectivity index (χ3v) is 2.95. The van der Waals surface area contributed by atoms with Gasteiger partial charge in [0.15, 0.2) is 0 Å². The first kappa shape index (κ1) is 14.8. The Kier molecular flexibility index (Phi) is 5.93. The van der Waals surface area contributed by atoms with Crippen molar-refractivity contribution in [2.75, 3.05) is 26.2 Å². The summed E-state index contributed by atoms with van der Waals surface area (Å²) in [4.78, 5) is 2.34. The highest BCUT2D eigenvalue weighted by Crippen LogP contribution is 2.18. The van der Waals surface area contributed by atoms with Crippen LogP contribution in [0.15, 0.2) is 30.4 Å². The lowest BCUT2D eigenvalue weighted by molar-refractivity contribution is 0.226. The van der Waals surface area contributed by atoms with E-state index in [4.69, 9.17) is 4.74 Å². The second kappa shape index (κ2) is 7.22. The van der Waals surface area contributed by atoms with Gasteiger partial charge >= 0.3 is 0 Å². The molecule has 0 spiro atoms. The molecule has 0 atom stereocenters. The van der Waals surface area contributed by atoms with E-state index in [9.17, 15) is 0 Å². The summed E-state index contributed by atoms with van der Waals surface area (Å²) >= 11 is 0. The lowest BCUT2D eigenvalue weighted by Gasteiger charge is -2.20. The molecule has 0 N–H and O–H groups in total. The summed E-state index contributed by atoms with van der Waals surface area (Å²) in [6.45, 7) is 16.0. The zero-order valence-electron chi connectivity index (χ0n) is 12.1. The minimum atomic E-state index is 0.728. The van der Waals surface area contributed by atoms with E-state index in [-0.39, 0.29) is 0 Å². The summed E-state index contributed by atoms with van der Waals surface area (Å²) in [6.07, 6.45) is 0. The van der Waals surface area contributed by atoms with Crippen LogP contribution in [0.1, 0.15) is 25.0 Å². The summed E-state index contributed by atoms with van der Waals surface area (Å²) in [5, 5.41) is 0. The molecule has 0 saturated carbocycles. The van der Waals surface area contributed by atoms with Crippen LogP contribution in [0.3, 0.4) is 0 Å². The van der Waals surface area contributed by atoms with Gasteiger partial charge in [0.25, 0.3) is 0 Å². The molecule has 0 fully saturated rings. The van der Waals surface area contributed by atoms with Gasteiger partial charge in [0.2, 0.25) is 0 Å². The fourth-order valence-electron chi connectivity index (χ4n) is 1.88. The smallest absolute Gasteiger partial charge is 0.122 e. The minimum Gasteiger partial charge on any atom is -0.492 e. The molecule has 0 heterocycles. The van der Waals surface area contributed by atoms with Gasteiger partial charge in [0, 0.05) is 13.1 Å². The van der Waals surface area contributed by atoms with Crippen molar-refractivity contribution in [3.8, 4) is 5.75 Å². The van der Waals surface area contributed by atoms with Gasteiger partial charge in [0.1, 0.15) is 12.4 Å². The first-order valence-electron chi connectivity index (χ1n) is 6.59. The van der Waals surface area contributed by atoms with E-state index >= 15 is 0 Å². The van der Waals surface area contributed by atoms with Crippen LogP contribution in [0.2, 0.25) is 0 Å². The molecule has 0 aliphatic carbocycles. The normalized spacial score (nSPS) is 10.7. The number of rotatable bonds is 7. The first-order valence-corrected chi connectivity index (χ1v) is 6.59. The topological polar surface area (TPSA) is 12.5 Å². The Morgan fingerprint density at radius 1 is 1.33 bits per heavy atom. The Morgan fingerprint density at radius 3 is 2.67 bits per heavy atom. The molecule has 2 nitrogen and oxygen atoms in total. The largest absolute Gasteiger partial charge is 0.492 e. The van der Waals surface area contributed by atoms with Crippen LogP contribution in [-0.4, -0.2) is 31.1 Å². The predicted octanol–water partition coefficient (Wildman–Crippen LogP) is 3.58. The second-order valence-electron chi connectivity index (χ2n) is 4.94. The van der Waals surface area contributed by atoms with Gasteiger partial charge in [-0.25, -0.2) is 0 Å². The maximum atomic E-state index is 5.86. The molecular weight excluding hydrogens is 222 g/mol. The summed E-state index contributed by atoms with van der Waals surface area (Å²) in [7, 11) is 0. The molecule has 2 heteroatoms. The third kappa shape index (κ3) is 4.92. The number of ether oxygens (including phenoxy) is 1. The van der Waals surface area contributed by atoms with Crippen LogP contribution in [0, 0.1) is 13.8 Å². The van der Waals surface area contributed by atoms with E-state index in [2.05, 4.69) is 57.4 Å². The van der Waals surface area contributed by atoms with Crippen LogP contribution in [-0.2, 0) is 0 Å². The van der Waals surface area contributed by atoms with Crippen molar-refractivity contribution in [1.82, 2.24) is 4.90 Å². The van der Waals surface area contributed by atoms with Gasteiger partial charge in [-0.3, -0.25) is 4.90 Å². The van der Waals surface area contributed by atoms with Crippen LogP contribution in [0.5, 0.6) is 5.75 Å². The molecule has 0 aliphatic heterocycles. The monoisotopic (exact) mass is 247 g/mol. The summed E-state index contributed by atoms with van der Waals surface area (Å²) in [5.41, 5.74) is 3.64. The lowest BCUT2D eigenvalue weighted by atomic mass is 10.1. The highest BCUT2D eigenvalue weighted by atomic mass is 16.5. The summed E-state index contributed by atoms with van der Waals surface area (Å²) < 4.78 is 5.86. The van der Waals surface area contributed by atoms with Crippen LogP contribution >= 0.6 is 0 Å². The number of hydrogen-bond acceptors (Lipinski definition) is 2. The van der Waals surface area contributed by atoms with Gasteiger partial charge < -0.3 is 4.74 Å². The SMILES string of the molecule is C=C(C)CN(CC)CCOc1cc(C)ccc1C. The van der Waals surface area contributed by atoms with E-state index in [1.54, 1.807) is 0 Å². The number of hydrogen-bond donors (Lipinski definition) is 0. The molecule has 0 radical (unpaired) electrons. The van der Waals surface area contributed by atoms with Crippen molar-refractivity contribution in [2.24, 2.45) is 0 Å². The first-order chi connectivity index (χ1) is 8.52. The fourth-order valence-corrected chi connectivity index (χ4v) is 1.88. The highest BCUT2D eigenvalue weighted by molar-refractivity contribution is 5.35. The van der Waals surface area contributed by atoms with Crippen LogP contribution < -0.4 is 4.74 Å². The molecule has 0 bridgehead atoms. The Hall–Kier alpha value is -1.28. The minimum absolute atomic E-state index is 0.728. The maximum Gasteiger partial charge on any atom is 0.122 e. The zero-order valence-corrected chi connectivity index (χ0v) is 12.1. The molecule has 0 saturated heterocycles. The molecular formula is C16H25NO. The van der Waals surface area contributed by atoms with E-state index in [1.165, 1.54) is 16.7 Å². The van der Waals surface area contributed by atoms with E-state index in [1.807, 2.05) is 0 Å². The molecule has 0 aliphatic rings. The Labute approximate surface area is 111 Å². The van der Waals surface area contributed by atoms with Crippen molar-refractivity contribution >= 4 is 0 Å². The average molecular weight is 247 g/mol. The fraction of sp³-hybridized carbons (Fsp3) is 0.500. The van der Waals surface area contributed by atoms with Crippen molar-refractivity contribution in [3.05, 3.63) is 41.5 Å². The number of nitrogens with zero attached hydrogens (tertiary/aromatic N) is 1. The van der Waals surface area contributed by atoms with Crippen LogP contribution in [0.25, 0.3) is 0 Å². The second-order valence-corrected chi connectivity index (χ2v) is 4.94. The zero-order chi connectivity index (χ0) is 13.5. The van der Waals surface area contributed by atoms with Gasteiger partial charge in [-0.2, -0.15) is 0 Å². The lowest BCUT2D eigenvalue weighted by Crippen LogP contribution is -2.29. The quantitative estimate of drug-likeness (QED) is 0.683. The standard InChI is InChI=1S/C16H25NO/c1-6-17(12-13(2)3)9-10-18-16-11-14(4)7-8-15(16)5/h7-8,11H,2,6,9-10,12H2,1,3-5H3. The van der Waals surface area contributed by atoms with Crippen molar-refractivity contribution < 1.29 is 4.74 Å². The number of likely N-dealkylation sites (N-methyl/N-ethyl adjacent to an activating group) is 1. The molecule has 0 aromatic heterocycles. The number of aryl methyl sites for hydroxylation is 2. The molecule has 0 unspecified atom stereocenters. The van der Waals surface area contributed by atoms with Crippen molar-refractivity contribution in [3.63, 3.8) is 0 Å². The molecule has 1 rings (SSSR count). The van der Waals surface area contributed by atoms with E-state index in [0.29, 0.717) is 0 Å². The van der Waals surface area contributed by atoms with Gasteiger partial charge in [-0.05, 0) is 44.5 Å². The Bertz CT molecular complexity index is 398. The van der Waals surface area contributed by atoms with E-state index < -0.39 is 0 Å².